The average molecular weight is 231 g/mol. The highest BCUT2D eigenvalue weighted by molar-refractivity contribution is 5.51. The molecule has 0 saturated carbocycles. The van der Waals surface area contributed by atoms with Crippen LogP contribution in [0.5, 0.6) is 0 Å². The highest BCUT2D eigenvalue weighted by atomic mass is 16.6. The average Bonchev–Trinajstić information content (AvgIpc) is 2.39. The largest absolute Gasteiger partial charge is 0.371 e. The third-order valence-corrected chi connectivity index (χ3v) is 3.10. The molecule has 0 atom stereocenters. The number of nitrogens with zero attached hydrogens (tertiary/aromatic N) is 3. The van der Waals surface area contributed by atoms with Gasteiger partial charge in [0.15, 0.2) is 0 Å². The highest BCUT2D eigenvalue weighted by Crippen LogP contribution is 2.24. The maximum atomic E-state index is 10.5. The zero-order valence-corrected chi connectivity index (χ0v) is 9.37. The van der Waals surface area contributed by atoms with Gasteiger partial charge in [0.05, 0.1) is 11.0 Å². The van der Waals surface area contributed by atoms with Crippen LogP contribution in [0, 0.1) is 27.4 Å². The zero-order valence-electron chi connectivity index (χ0n) is 9.37. The molecule has 0 N–H and O–H groups in total. The lowest BCUT2D eigenvalue weighted by molar-refractivity contribution is -0.384. The van der Waals surface area contributed by atoms with E-state index in [1.165, 1.54) is 12.1 Å². The molecule has 5 heteroatoms. The van der Waals surface area contributed by atoms with E-state index in [-0.39, 0.29) is 11.6 Å². The van der Waals surface area contributed by atoms with Crippen molar-refractivity contribution in [2.45, 2.75) is 12.8 Å². The fraction of sp³-hybridized carbons (Fsp3) is 0.417. The summed E-state index contributed by atoms with van der Waals surface area (Å²) < 4.78 is 0. The number of anilines is 1. The van der Waals surface area contributed by atoms with Crippen molar-refractivity contribution in [3.05, 3.63) is 34.4 Å². The van der Waals surface area contributed by atoms with Gasteiger partial charge < -0.3 is 4.90 Å². The van der Waals surface area contributed by atoms with Crippen LogP contribution in [0.3, 0.4) is 0 Å². The molecule has 0 aliphatic carbocycles. The third-order valence-electron chi connectivity index (χ3n) is 3.10. The summed E-state index contributed by atoms with van der Waals surface area (Å²) in [5.74, 6) is 0.157. The summed E-state index contributed by atoms with van der Waals surface area (Å²) in [6.45, 7) is 1.69. The first-order valence-electron chi connectivity index (χ1n) is 5.59. The van der Waals surface area contributed by atoms with Crippen LogP contribution >= 0.6 is 0 Å². The minimum absolute atomic E-state index is 0.112. The fourth-order valence-corrected chi connectivity index (χ4v) is 2.05. The second-order valence-electron chi connectivity index (χ2n) is 4.16. The van der Waals surface area contributed by atoms with Gasteiger partial charge in [0.2, 0.25) is 0 Å². The summed E-state index contributed by atoms with van der Waals surface area (Å²) in [7, 11) is 0. The standard InChI is InChI=1S/C12H13N3O2/c13-9-10-5-7-14(8-6-10)11-1-3-12(4-2-11)15(16)17/h1-4,10H,5-8H2. The molecule has 1 aromatic rings. The molecule has 0 amide bonds. The predicted molar refractivity (Wildman–Crippen MR) is 63.6 cm³/mol. The maximum Gasteiger partial charge on any atom is 0.269 e. The number of hydrogen-bond donors (Lipinski definition) is 0. The van der Waals surface area contributed by atoms with E-state index >= 15 is 0 Å². The van der Waals surface area contributed by atoms with Crippen LogP contribution in [-0.2, 0) is 0 Å². The first-order chi connectivity index (χ1) is 8.20. The molecule has 0 radical (unpaired) electrons. The van der Waals surface area contributed by atoms with Gasteiger partial charge in [-0.05, 0) is 25.0 Å². The van der Waals surface area contributed by atoms with Crippen molar-refractivity contribution in [1.29, 1.82) is 5.26 Å². The molecule has 0 spiro atoms. The van der Waals surface area contributed by atoms with Gasteiger partial charge in [0.1, 0.15) is 0 Å². The van der Waals surface area contributed by atoms with Crippen LogP contribution in [-0.4, -0.2) is 18.0 Å². The lowest BCUT2D eigenvalue weighted by atomic mass is 9.98. The van der Waals surface area contributed by atoms with E-state index in [0.29, 0.717) is 0 Å². The molecule has 1 heterocycles. The summed E-state index contributed by atoms with van der Waals surface area (Å²) in [6.07, 6.45) is 1.74. The van der Waals surface area contributed by atoms with Crippen LogP contribution in [0.15, 0.2) is 24.3 Å². The van der Waals surface area contributed by atoms with E-state index in [1.54, 1.807) is 12.1 Å². The molecule has 88 valence electrons. The number of nitro benzene ring substituents is 1. The van der Waals surface area contributed by atoms with E-state index in [9.17, 15) is 10.1 Å². The van der Waals surface area contributed by atoms with E-state index in [4.69, 9.17) is 5.26 Å². The lowest BCUT2D eigenvalue weighted by Crippen LogP contribution is -2.33. The van der Waals surface area contributed by atoms with Gasteiger partial charge in [-0.3, -0.25) is 10.1 Å². The number of benzene rings is 1. The smallest absolute Gasteiger partial charge is 0.269 e. The number of hydrogen-bond acceptors (Lipinski definition) is 4. The van der Waals surface area contributed by atoms with Crippen molar-refractivity contribution in [2.24, 2.45) is 5.92 Å². The summed E-state index contributed by atoms with van der Waals surface area (Å²) in [5.41, 5.74) is 1.10. The van der Waals surface area contributed by atoms with Crippen LogP contribution < -0.4 is 4.90 Å². The van der Waals surface area contributed by atoms with Gasteiger partial charge in [-0.1, -0.05) is 0 Å². The summed E-state index contributed by atoms with van der Waals surface area (Å²) in [5, 5.41) is 19.3. The molecule has 0 bridgehead atoms. The topological polar surface area (TPSA) is 70.2 Å². The Morgan fingerprint density at radius 3 is 2.35 bits per heavy atom. The molecular weight excluding hydrogens is 218 g/mol. The monoisotopic (exact) mass is 231 g/mol. The van der Waals surface area contributed by atoms with E-state index in [0.717, 1.165) is 31.6 Å². The molecule has 1 aliphatic rings. The molecular formula is C12H13N3O2. The number of nitro groups is 1. The van der Waals surface area contributed by atoms with Crippen molar-refractivity contribution in [2.75, 3.05) is 18.0 Å². The molecule has 1 aromatic carbocycles. The molecule has 0 aromatic heterocycles. The van der Waals surface area contributed by atoms with Crippen molar-refractivity contribution < 1.29 is 4.92 Å². The Hall–Kier alpha value is -2.09. The van der Waals surface area contributed by atoms with Gasteiger partial charge in [-0.15, -0.1) is 0 Å². The third kappa shape index (κ3) is 2.53. The minimum atomic E-state index is -0.397. The number of non-ortho nitro benzene ring substituents is 1. The van der Waals surface area contributed by atoms with Crippen molar-refractivity contribution >= 4 is 11.4 Å². The first-order valence-corrected chi connectivity index (χ1v) is 5.59. The van der Waals surface area contributed by atoms with Gasteiger partial charge in [-0.2, -0.15) is 5.26 Å². The van der Waals surface area contributed by atoms with Crippen LogP contribution in [0.2, 0.25) is 0 Å². The van der Waals surface area contributed by atoms with Gasteiger partial charge >= 0.3 is 0 Å². The highest BCUT2D eigenvalue weighted by Gasteiger charge is 2.19. The lowest BCUT2D eigenvalue weighted by Gasteiger charge is -2.30. The second kappa shape index (κ2) is 4.83. The Kier molecular flexibility index (Phi) is 3.24. The van der Waals surface area contributed by atoms with E-state index < -0.39 is 4.92 Å². The number of rotatable bonds is 2. The first kappa shape index (κ1) is 11.4. The molecule has 5 nitrogen and oxygen atoms in total. The summed E-state index contributed by atoms with van der Waals surface area (Å²) in [6, 6.07) is 8.86. The SMILES string of the molecule is N#CC1CCN(c2ccc([N+](=O)[O-])cc2)CC1. The fourth-order valence-electron chi connectivity index (χ4n) is 2.05. The molecule has 0 unspecified atom stereocenters. The number of piperidine rings is 1. The molecule has 1 fully saturated rings. The van der Waals surface area contributed by atoms with Crippen LogP contribution in [0.4, 0.5) is 11.4 Å². The zero-order chi connectivity index (χ0) is 12.3. The normalized spacial score (nSPS) is 16.5. The van der Waals surface area contributed by atoms with Crippen molar-refractivity contribution in [1.82, 2.24) is 0 Å². The Morgan fingerprint density at radius 2 is 1.88 bits per heavy atom. The molecule has 1 aliphatic heterocycles. The minimum Gasteiger partial charge on any atom is -0.371 e. The summed E-state index contributed by atoms with van der Waals surface area (Å²) in [4.78, 5) is 12.3. The van der Waals surface area contributed by atoms with Gasteiger partial charge in [0.25, 0.3) is 5.69 Å². The van der Waals surface area contributed by atoms with Crippen molar-refractivity contribution in [3.8, 4) is 6.07 Å². The Morgan fingerprint density at radius 1 is 1.29 bits per heavy atom. The summed E-state index contributed by atoms with van der Waals surface area (Å²) >= 11 is 0. The van der Waals surface area contributed by atoms with E-state index in [2.05, 4.69) is 11.0 Å². The number of nitriles is 1. The van der Waals surface area contributed by atoms with Crippen LogP contribution in [0.25, 0.3) is 0 Å². The Labute approximate surface area is 99.4 Å². The Bertz CT molecular complexity index is 442. The molecule has 17 heavy (non-hydrogen) atoms. The van der Waals surface area contributed by atoms with Crippen LogP contribution in [0.1, 0.15) is 12.8 Å². The second-order valence-corrected chi connectivity index (χ2v) is 4.16. The van der Waals surface area contributed by atoms with Gasteiger partial charge in [0, 0.05) is 36.8 Å². The Balaban J connectivity index is 2.04. The van der Waals surface area contributed by atoms with E-state index in [1.807, 2.05) is 0 Å². The molecule has 2 rings (SSSR count). The van der Waals surface area contributed by atoms with Gasteiger partial charge in [-0.25, -0.2) is 0 Å². The quantitative estimate of drug-likeness (QED) is 0.578. The maximum absolute atomic E-state index is 10.5. The molecule has 1 saturated heterocycles. The predicted octanol–water partition coefficient (Wildman–Crippen LogP) is 2.33. The van der Waals surface area contributed by atoms with Crippen molar-refractivity contribution in [3.63, 3.8) is 0 Å².